The Balaban J connectivity index is 2.90. The predicted octanol–water partition coefficient (Wildman–Crippen LogP) is 0.717. The first kappa shape index (κ1) is 13.6. The van der Waals surface area contributed by atoms with Crippen molar-refractivity contribution in [1.82, 2.24) is 4.98 Å². The van der Waals surface area contributed by atoms with Crippen LogP contribution in [0.3, 0.4) is 0 Å². The van der Waals surface area contributed by atoms with Crippen molar-refractivity contribution >= 4 is 21.2 Å². The maximum Gasteiger partial charge on any atom is 0.156 e. The Morgan fingerprint density at radius 1 is 1.50 bits per heavy atom. The Hall–Kier alpha value is -0.500. The Labute approximate surface area is 99.0 Å². The smallest absolute Gasteiger partial charge is 0.156 e. The Morgan fingerprint density at radius 3 is 2.69 bits per heavy atom. The van der Waals surface area contributed by atoms with Crippen molar-refractivity contribution in [3.8, 4) is 0 Å². The summed E-state index contributed by atoms with van der Waals surface area (Å²) < 4.78 is 27.7. The van der Waals surface area contributed by atoms with Crippen LogP contribution < -0.4 is 0 Å². The zero-order chi connectivity index (χ0) is 12.2. The molecule has 0 unspecified atom stereocenters. The third-order valence-electron chi connectivity index (χ3n) is 2.03. The average Bonchev–Trinajstić information content (AvgIpc) is 2.60. The van der Waals surface area contributed by atoms with Crippen LogP contribution in [0.25, 0.3) is 0 Å². The molecule has 1 aromatic rings. The highest BCUT2D eigenvalue weighted by molar-refractivity contribution is 7.90. The zero-order valence-electron chi connectivity index (χ0n) is 9.26. The Kier molecular flexibility index (Phi) is 4.85. The first-order valence-electron chi connectivity index (χ1n) is 4.80. The zero-order valence-corrected chi connectivity index (χ0v) is 10.9. The molecule has 0 aromatic carbocycles. The van der Waals surface area contributed by atoms with E-state index in [1.165, 1.54) is 18.4 Å². The van der Waals surface area contributed by atoms with Crippen LogP contribution in [0.4, 0.5) is 0 Å². The second-order valence-corrected chi connectivity index (χ2v) is 6.77. The summed E-state index contributed by atoms with van der Waals surface area (Å²) in [5, 5.41) is 9.59. The van der Waals surface area contributed by atoms with Crippen molar-refractivity contribution in [1.29, 1.82) is 0 Å². The summed E-state index contributed by atoms with van der Waals surface area (Å²) in [5.74, 6) is 0.0333. The van der Waals surface area contributed by atoms with Gasteiger partial charge in [-0.15, -0.1) is 11.3 Å². The summed E-state index contributed by atoms with van der Waals surface area (Å²) in [6.45, 7) is 1.76. The lowest BCUT2D eigenvalue weighted by molar-refractivity contribution is 0.178. The molecule has 0 amide bonds. The molecule has 0 saturated carbocycles. The van der Waals surface area contributed by atoms with E-state index in [1.54, 1.807) is 6.92 Å². The predicted molar refractivity (Wildman–Crippen MR) is 61.9 cm³/mol. The standard InChI is InChI=1S/C9H15NO4S2/c1-3-16(12,13)6-9-10-7(5-14-2)8(4-11)15-9/h11H,3-6H2,1-2H3. The van der Waals surface area contributed by atoms with Gasteiger partial charge >= 0.3 is 0 Å². The molecule has 1 aromatic heterocycles. The number of sulfone groups is 1. The largest absolute Gasteiger partial charge is 0.391 e. The van der Waals surface area contributed by atoms with Crippen molar-refractivity contribution in [2.24, 2.45) is 0 Å². The van der Waals surface area contributed by atoms with Crippen LogP contribution in [0, 0.1) is 0 Å². The van der Waals surface area contributed by atoms with Gasteiger partial charge in [0.05, 0.1) is 23.8 Å². The highest BCUT2D eigenvalue weighted by Gasteiger charge is 2.15. The van der Waals surface area contributed by atoms with Gasteiger partial charge in [-0.05, 0) is 0 Å². The average molecular weight is 265 g/mol. The fourth-order valence-corrected chi connectivity index (χ4v) is 3.31. The minimum atomic E-state index is -3.07. The molecule has 0 aliphatic heterocycles. The Morgan fingerprint density at radius 2 is 2.19 bits per heavy atom. The SMILES string of the molecule is CCS(=O)(=O)Cc1nc(COC)c(CO)s1. The number of methoxy groups -OCH3 is 1. The monoisotopic (exact) mass is 265 g/mol. The maximum atomic E-state index is 11.4. The molecule has 92 valence electrons. The van der Waals surface area contributed by atoms with Gasteiger partial charge in [-0.25, -0.2) is 13.4 Å². The third kappa shape index (κ3) is 3.51. The van der Waals surface area contributed by atoms with Gasteiger partial charge in [0.25, 0.3) is 0 Å². The van der Waals surface area contributed by atoms with Gasteiger partial charge in [0.2, 0.25) is 0 Å². The molecule has 16 heavy (non-hydrogen) atoms. The van der Waals surface area contributed by atoms with Crippen LogP contribution in [0.5, 0.6) is 0 Å². The van der Waals surface area contributed by atoms with Crippen molar-refractivity contribution in [2.75, 3.05) is 12.9 Å². The fraction of sp³-hybridized carbons (Fsp3) is 0.667. The Bertz CT molecular complexity index is 438. The van der Waals surface area contributed by atoms with Gasteiger partial charge in [-0.3, -0.25) is 0 Å². The van der Waals surface area contributed by atoms with Crippen molar-refractivity contribution < 1.29 is 18.3 Å². The number of thiazole rings is 1. The molecule has 0 saturated heterocycles. The van der Waals surface area contributed by atoms with Crippen LogP contribution in [0.1, 0.15) is 22.5 Å². The summed E-state index contributed by atoms with van der Waals surface area (Å²) in [4.78, 5) is 4.83. The van der Waals surface area contributed by atoms with Crippen LogP contribution in [-0.4, -0.2) is 31.4 Å². The molecule has 1 heterocycles. The lowest BCUT2D eigenvalue weighted by Crippen LogP contribution is -2.06. The topological polar surface area (TPSA) is 76.5 Å². The number of nitrogens with zero attached hydrogens (tertiary/aromatic N) is 1. The molecule has 0 radical (unpaired) electrons. The number of rotatable bonds is 6. The van der Waals surface area contributed by atoms with E-state index in [9.17, 15) is 8.42 Å². The molecular weight excluding hydrogens is 250 g/mol. The van der Waals surface area contributed by atoms with Crippen LogP contribution in [0.2, 0.25) is 0 Å². The molecule has 0 aliphatic carbocycles. The molecule has 7 heteroatoms. The minimum Gasteiger partial charge on any atom is -0.391 e. The van der Waals surface area contributed by atoms with Crippen molar-refractivity contribution in [3.63, 3.8) is 0 Å². The van der Waals surface area contributed by atoms with Crippen molar-refractivity contribution in [3.05, 3.63) is 15.6 Å². The first-order valence-corrected chi connectivity index (χ1v) is 7.43. The second-order valence-electron chi connectivity index (χ2n) is 3.25. The van der Waals surface area contributed by atoms with Crippen LogP contribution in [0.15, 0.2) is 0 Å². The van der Waals surface area contributed by atoms with E-state index in [0.29, 0.717) is 22.2 Å². The third-order valence-corrected chi connectivity index (χ3v) is 4.89. The van der Waals surface area contributed by atoms with E-state index in [4.69, 9.17) is 9.84 Å². The minimum absolute atomic E-state index is 0.0646. The number of hydrogen-bond donors (Lipinski definition) is 1. The fourth-order valence-electron chi connectivity index (χ4n) is 1.16. The molecule has 0 aliphatic rings. The molecule has 1 rings (SSSR count). The molecule has 0 fully saturated rings. The lowest BCUT2D eigenvalue weighted by atomic mass is 10.4. The number of ether oxygens (including phenoxy) is 1. The number of aliphatic hydroxyl groups is 1. The van der Waals surface area contributed by atoms with Gasteiger partial charge in [-0.2, -0.15) is 0 Å². The molecule has 1 N–H and O–H groups in total. The van der Waals surface area contributed by atoms with E-state index in [2.05, 4.69) is 4.98 Å². The maximum absolute atomic E-state index is 11.4. The van der Waals surface area contributed by atoms with Crippen LogP contribution >= 0.6 is 11.3 Å². The normalized spacial score (nSPS) is 11.9. The van der Waals surface area contributed by atoms with E-state index >= 15 is 0 Å². The van der Waals surface area contributed by atoms with Gasteiger partial charge in [0.15, 0.2) is 9.84 Å². The number of hydrogen-bond acceptors (Lipinski definition) is 6. The summed E-state index contributed by atoms with van der Waals surface area (Å²) in [6, 6.07) is 0. The molecule has 0 atom stereocenters. The highest BCUT2D eigenvalue weighted by Crippen LogP contribution is 2.21. The molecule has 0 bridgehead atoms. The first-order chi connectivity index (χ1) is 7.52. The number of aromatic nitrogens is 1. The summed E-state index contributed by atoms with van der Waals surface area (Å²) in [5.41, 5.74) is 0.622. The summed E-state index contributed by atoms with van der Waals surface area (Å²) in [6.07, 6.45) is 0. The molecular formula is C9H15NO4S2. The van der Waals surface area contributed by atoms with Crippen molar-refractivity contribution in [2.45, 2.75) is 25.9 Å². The van der Waals surface area contributed by atoms with E-state index < -0.39 is 9.84 Å². The van der Waals surface area contributed by atoms with E-state index in [0.717, 1.165) is 0 Å². The second kappa shape index (κ2) is 5.72. The summed E-state index contributed by atoms with van der Waals surface area (Å²) >= 11 is 1.22. The van der Waals surface area contributed by atoms with Gasteiger partial charge < -0.3 is 9.84 Å². The van der Waals surface area contributed by atoms with Crippen LogP contribution in [-0.2, 0) is 33.5 Å². The molecule has 5 nitrogen and oxygen atoms in total. The highest BCUT2D eigenvalue weighted by atomic mass is 32.2. The quantitative estimate of drug-likeness (QED) is 0.820. The number of aliphatic hydroxyl groups excluding tert-OH is 1. The summed E-state index contributed by atoms with van der Waals surface area (Å²) in [7, 11) is -1.54. The van der Waals surface area contributed by atoms with Gasteiger partial charge in [0.1, 0.15) is 10.8 Å². The van der Waals surface area contributed by atoms with Gasteiger partial charge in [0, 0.05) is 12.9 Å². The lowest BCUT2D eigenvalue weighted by Gasteiger charge is -1.96. The van der Waals surface area contributed by atoms with Gasteiger partial charge in [-0.1, -0.05) is 6.92 Å². The van der Waals surface area contributed by atoms with E-state index in [1.807, 2.05) is 0 Å². The molecule has 0 spiro atoms. The van der Waals surface area contributed by atoms with E-state index in [-0.39, 0.29) is 18.1 Å².